The van der Waals surface area contributed by atoms with E-state index in [1.807, 2.05) is 0 Å². The van der Waals surface area contributed by atoms with Gasteiger partial charge in [0.15, 0.2) is 0 Å². The Balaban J connectivity index is 2.39. The Hall–Kier alpha value is -1.50. The number of nitrogens with one attached hydrogen (secondary N) is 1. The predicted octanol–water partition coefficient (Wildman–Crippen LogP) is 1.67. The summed E-state index contributed by atoms with van der Waals surface area (Å²) in [5.41, 5.74) is 1.72. The van der Waals surface area contributed by atoms with E-state index in [0.717, 1.165) is 5.52 Å². The lowest BCUT2D eigenvalue weighted by molar-refractivity contribution is 0.0173. The molecule has 0 fully saturated rings. The molecular formula is C14H17NO4S. The Morgan fingerprint density at radius 2 is 2.20 bits per heavy atom. The van der Waals surface area contributed by atoms with E-state index in [4.69, 9.17) is 4.74 Å². The van der Waals surface area contributed by atoms with Crippen LogP contribution in [0.4, 0.5) is 0 Å². The standard InChI is InChI=1S/C14H17NO4S/c1-19-14(18)10-7-15-11-3-2-8(6-9(10)11)13(17)12(16)4-5-20/h2-3,6-7,12-13,15-17,20H,4-5H2,1H3. The molecule has 5 nitrogen and oxygen atoms in total. The second kappa shape index (κ2) is 6.30. The van der Waals surface area contributed by atoms with Crippen LogP contribution in [0.15, 0.2) is 24.4 Å². The first-order valence-corrected chi connectivity index (χ1v) is 6.88. The maximum Gasteiger partial charge on any atom is 0.340 e. The molecule has 0 saturated carbocycles. The molecule has 0 bridgehead atoms. The largest absolute Gasteiger partial charge is 0.465 e. The van der Waals surface area contributed by atoms with Gasteiger partial charge >= 0.3 is 5.97 Å². The van der Waals surface area contributed by atoms with Crippen LogP contribution in [-0.4, -0.2) is 40.1 Å². The summed E-state index contributed by atoms with van der Waals surface area (Å²) in [5.74, 6) is 0.0386. The number of fused-ring (bicyclic) bond motifs is 1. The molecule has 0 aliphatic heterocycles. The Morgan fingerprint density at radius 1 is 1.45 bits per heavy atom. The number of methoxy groups -OCH3 is 1. The van der Waals surface area contributed by atoms with Gasteiger partial charge in [-0.2, -0.15) is 12.6 Å². The van der Waals surface area contributed by atoms with Crippen molar-refractivity contribution in [2.24, 2.45) is 0 Å². The number of benzene rings is 1. The number of H-pyrrole nitrogens is 1. The highest BCUT2D eigenvalue weighted by atomic mass is 32.1. The third kappa shape index (κ3) is 2.82. The summed E-state index contributed by atoms with van der Waals surface area (Å²) in [5, 5.41) is 20.6. The first-order valence-electron chi connectivity index (χ1n) is 6.24. The van der Waals surface area contributed by atoms with Crippen LogP contribution in [0.1, 0.15) is 28.4 Å². The summed E-state index contributed by atoms with van der Waals surface area (Å²) in [4.78, 5) is 14.6. The highest BCUT2D eigenvalue weighted by molar-refractivity contribution is 7.80. The summed E-state index contributed by atoms with van der Waals surface area (Å²) in [6.07, 6.45) is 0.0632. The topological polar surface area (TPSA) is 82.6 Å². The highest BCUT2D eigenvalue weighted by Gasteiger charge is 2.19. The average molecular weight is 295 g/mol. The van der Waals surface area contributed by atoms with E-state index >= 15 is 0 Å². The number of aliphatic hydroxyl groups is 2. The van der Waals surface area contributed by atoms with Crippen molar-refractivity contribution in [3.8, 4) is 0 Å². The second-order valence-electron chi connectivity index (χ2n) is 4.52. The van der Waals surface area contributed by atoms with Crippen LogP contribution >= 0.6 is 12.6 Å². The fraction of sp³-hybridized carbons (Fsp3) is 0.357. The molecule has 20 heavy (non-hydrogen) atoms. The molecule has 0 amide bonds. The van der Waals surface area contributed by atoms with Crippen molar-refractivity contribution in [2.45, 2.75) is 18.6 Å². The van der Waals surface area contributed by atoms with Crippen LogP contribution in [0.3, 0.4) is 0 Å². The van der Waals surface area contributed by atoms with Crippen LogP contribution in [-0.2, 0) is 4.74 Å². The predicted molar refractivity (Wildman–Crippen MR) is 79.1 cm³/mol. The fourth-order valence-electron chi connectivity index (χ4n) is 2.11. The zero-order chi connectivity index (χ0) is 14.7. The molecule has 2 atom stereocenters. The van der Waals surface area contributed by atoms with E-state index in [1.54, 1.807) is 24.4 Å². The number of esters is 1. The van der Waals surface area contributed by atoms with Crippen molar-refractivity contribution >= 4 is 29.5 Å². The average Bonchev–Trinajstić information content (AvgIpc) is 2.88. The SMILES string of the molecule is COC(=O)c1c[nH]c2ccc(C(O)C(O)CCS)cc12. The number of thiol groups is 1. The number of hydrogen-bond acceptors (Lipinski definition) is 5. The molecule has 2 unspecified atom stereocenters. The molecule has 0 saturated heterocycles. The number of hydrogen-bond donors (Lipinski definition) is 4. The minimum Gasteiger partial charge on any atom is -0.465 e. The molecule has 0 aliphatic rings. The third-order valence-electron chi connectivity index (χ3n) is 3.24. The number of rotatable bonds is 5. The van der Waals surface area contributed by atoms with Crippen molar-refractivity contribution in [1.82, 2.24) is 4.98 Å². The lowest BCUT2D eigenvalue weighted by Crippen LogP contribution is -2.18. The molecular weight excluding hydrogens is 278 g/mol. The van der Waals surface area contributed by atoms with Crippen LogP contribution in [0.5, 0.6) is 0 Å². The van der Waals surface area contributed by atoms with E-state index in [0.29, 0.717) is 28.7 Å². The Labute approximate surface area is 122 Å². The van der Waals surface area contributed by atoms with Crippen LogP contribution in [0.2, 0.25) is 0 Å². The fourth-order valence-corrected chi connectivity index (χ4v) is 2.38. The maximum atomic E-state index is 11.6. The second-order valence-corrected chi connectivity index (χ2v) is 4.97. The van der Waals surface area contributed by atoms with E-state index in [-0.39, 0.29) is 0 Å². The number of aromatic nitrogens is 1. The van der Waals surface area contributed by atoms with Gasteiger partial charge in [0, 0.05) is 17.1 Å². The normalized spacial score (nSPS) is 14.2. The van der Waals surface area contributed by atoms with Gasteiger partial charge in [-0.25, -0.2) is 4.79 Å². The molecule has 1 aromatic heterocycles. The van der Waals surface area contributed by atoms with Crippen LogP contribution < -0.4 is 0 Å². The van der Waals surface area contributed by atoms with Crippen molar-refractivity contribution in [3.05, 3.63) is 35.5 Å². The van der Waals surface area contributed by atoms with Gasteiger partial charge in [-0.05, 0) is 29.9 Å². The van der Waals surface area contributed by atoms with Crippen molar-refractivity contribution < 1.29 is 19.7 Å². The number of ether oxygens (including phenoxy) is 1. The van der Waals surface area contributed by atoms with Gasteiger partial charge in [-0.1, -0.05) is 6.07 Å². The lowest BCUT2D eigenvalue weighted by atomic mass is 10.0. The number of carbonyl (C=O) groups excluding carboxylic acids is 1. The van der Waals surface area contributed by atoms with Crippen molar-refractivity contribution in [1.29, 1.82) is 0 Å². The number of aromatic amines is 1. The molecule has 3 N–H and O–H groups in total. The summed E-state index contributed by atoms with van der Waals surface area (Å²) in [6.45, 7) is 0. The van der Waals surface area contributed by atoms with Gasteiger partial charge in [-0.3, -0.25) is 0 Å². The molecule has 2 aromatic rings. The summed E-state index contributed by atoms with van der Waals surface area (Å²) >= 11 is 4.03. The van der Waals surface area contributed by atoms with E-state index in [9.17, 15) is 15.0 Å². The molecule has 2 rings (SSSR count). The molecule has 0 radical (unpaired) electrons. The first kappa shape index (κ1) is 14.9. The number of aliphatic hydroxyl groups excluding tert-OH is 2. The van der Waals surface area contributed by atoms with Gasteiger partial charge in [0.2, 0.25) is 0 Å². The smallest absolute Gasteiger partial charge is 0.340 e. The minimum atomic E-state index is -1.01. The first-order chi connectivity index (χ1) is 9.58. The summed E-state index contributed by atoms with van der Waals surface area (Å²) < 4.78 is 4.71. The number of carbonyl (C=O) groups is 1. The Kier molecular flexibility index (Phi) is 4.69. The van der Waals surface area contributed by atoms with Gasteiger partial charge in [0.25, 0.3) is 0 Å². The summed E-state index contributed by atoms with van der Waals surface area (Å²) in [7, 11) is 1.32. The highest BCUT2D eigenvalue weighted by Crippen LogP contribution is 2.26. The van der Waals surface area contributed by atoms with Crippen LogP contribution in [0, 0.1) is 0 Å². The Bertz CT molecular complexity index is 610. The van der Waals surface area contributed by atoms with Crippen molar-refractivity contribution in [2.75, 3.05) is 12.9 Å². The molecule has 1 aromatic carbocycles. The zero-order valence-corrected chi connectivity index (χ0v) is 11.9. The van der Waals surface area contributed by atoms with Crippen LogP contribution in [0.25, 0.3) is 10.9 Å². The zero-order valence-electron chi connectivity index (χ0n) is 11.0. The Morgan fingerprint density at radius 3 is 2.85 bits per heavy atom. The third-order valence-corrected chi connectivity index (χ3v) is 3.50. The van der Waals surface area contributed by atoms with Crippen molar-refractivity contribution in [3.63, 3.8) is 0 Å². The molecule has 0 spiro atoms. The van der Waals surface area contributed by atoms with E-state index in [2.05, 4.69) is 17.6 Å². The quantitative estimate of drug-likeness (QED) is 0.499. The van der Waals surface area contributed by atoms with E-state index in [1.165, 1.54) is 7.11 Å². The van der Waals surface area contributed by atoms with Gasteiger partial charge < -0.3 is 19.9 Å². The van der Waals surface area contributed by atoms with Gasteiger partial charge in [0.1, 0.15) is 6.10 Å². The van der Waals surface area contributed by atoms with Gasteiger partial charge in [-0.15, -0.1) is 0 Å². The minimum absolute atomic E-state index is 0.388. The monoisotopic (exact) mass is 295 g/mol. The molecule has 6 heteroatoms. The molecule has 0 aliphatic carbocycles. The van der Waals surface area contributed by atoms with E-state index < -0.39 is 18.2 Å². The molecule has 1 heterocycles. The summed E-state index contributed by atoms with van der Waals surface area (Å²) in [6, 6.07) is 5.16. The molecule has 108 valence electrons. The lowest BCUT2D eigenvalue weighted by Gasteiger charge is -2.17. The maximum absolute atomic E-state index is 11.6. The van der Waals surface area contributed by atoms with Gasteiger partial charge in [0.05, 0.1) is 18.8 Å².